The fourth-order valence-electron chi connectivity index (χ4n) is 3.34. The molecule has 26 heavy (non-hydrogen) atoms. The number of rotatable bonds is 4. The lowest BCUT2D eigenvalue weighted by molar-refractivity contribution is 0.0972. The average molecular weight is 384 g/mol. The molecule has 2 heterocycles. The van der Waals surface area contributed by atoms with Crippen molar-refractivity contribution in [3.05, 3.63) is 64.8 Å². The molecule has 0 N–H and O–H groups in total. The van der Waals surface area contributed by atoms with E-state index in [1.54, 1.807) is 6.20 Å². The molecule has 1 aromatic carbocycles. The number of aromatic nitrogens is 2. The predicted molar refractivity (Wildman–Crippen MR) is 106 cm³/mol. The molecule has 1 saturated carbocycles. The van der Waals surface area contributed by atoms with Crippen LogP contribution in [0.1, 0.15) is 36.2 Å². The summed E-state index contributed by atoms with van der Waals surface area (Å²) in [5.74, 6) is 0.623. The van der Waals surface area contributed by atoms with Gasteiger partial charge in [0.2, 0.25) is 0 Å². The summed E-state index contributed by atoms with van der Waals surface area (Å²) >= 11 is 7.42. The maximum Gasteiger partial charge on any atom is 0.279 e. The highest BCUT2D eigenvalue weighted by atomic mass is 35.5. The standard InChI is InChI=1S/C20H18ClN3OS/c21-15-10-8-14(9-11-15)19-23-17(13-26-19)20(25)24(16-5-1-2-6-16)18-7-3-4-12-22-18/h3-4,7-13,16H,1-2,5-6H2. The molecular formula is C20H18ClN3OS. The molecule has 0 aliphatic heterocycles. The van der Waals surface area contributed by atoms with E-state index in [4.69, 9.17) is 11.6 Å². The molecule has 132 valence electrons. The number of thiazole rings is 1. The van der Waals surface area contributed by atoms with Gasteiger partial charge in [0.25, 0.3) is 5.91 Å². The van der Waals surface area contributed by atoms with Gasteiger partial charge in [0.05, 0.1) is 0 Å². The van der Waals surface area contributed by atoms with Crippen LogP contribution in [0.25, 0.3) is 10.6 Å². The van der Waals surface area contributed by atoms with Crippen LogP contribution in [-0.4, -0.2) is 21.9 Å². The Bertz CT molecular complexity index is 889. The molecule has 0 saturated heterocycles. The van der Waals surface area contributed by atoms with Crippen LogP contribution in [0, 0.1) is 0 Å². The van der Waals surface area contributed by atoms with Crippen LogP contribution >= 0.6 is 22.9 Å². The number of pyridine rings is 1. The Morgan fingerprint density at radius 2 is 1.88 bits per heavy atom. The second-order valence-electron chi connectivity index (χ2n) is 6.35. The number of anilines is 1. The van der Waals surface area contributed by atoms with E-state index >= 15 is 0 Å². The van der Waals surface area contributed by atoms with Gasteiger partial charge in [0.15, 0.2) is 0 Å². The van der Waals surface area contributed by atoms with Crippen LogP contribution < -0.4 is 4.90 Å². The highest BCUT2D eigenvalue weighted by Crippen LogP contribution is 2.30. The molecule has 1 fully saturated rings. The van der Waals surface area contributed by atoms with Gasteiger partial charge in [-0.1, -0.05) is 42.6 Å². The van der Waals surface area contributed by atoms with Gasteiger partial charge in [-0.25, -0.2) is 9.97 Å². The average Bonchev–Trinajstić information content (AvgIpc) is 3.36. The molecule has 4 nitrogen and oxygen atoms in total. The third-order valence-corrected chi connectivity index (χ3v) is 5.76. The molecule has 0 atom stereocenters. The van der Waals surface area contributed by atoms with E-state index in [2.05, 4.69) is 9.97 Å². The van der Waals surface area contributed by atoms with Crippen LogP contribution in [0.15, 0.2) is 54.0 Å². The van der Waals surface area contributed by atoms with Gasteiger partial charge in [-0.05, 0) is 37.1 Å². The minimum atomic E-state index is -0.0768. The SMILES string of the molecule is O=C(c1csc(-c2ccc(Cl)cc2)n1)N(c1ccccn1)C1CCCC1. The lowest BCUT2D eigenvalue weighted by atomic mass is 10.2. The molecule has 0 radical (unpaired) electrons. The third kappa shape index (κ3) is 3.50. The van der Waals surface area contributed by atoms with E-state index in [1.165, 1.54) is 11.3 Å². The number of amides is 1. The first kappa shape index (κ1) is 17.2. The Morgan fingerprint density at radius 1 is 1.12 bits per heavy atom. The minimum absolute atomic E-state index is 0.0768. The number of carbonyl (C=O) groups excluding carboxylic acids is 1. The number of halogens is 1. The number of benzene rings is 1. The van der Waals surface area contributed by atoms with Gasteiger partial charge in [0.1, 0.15) is 16.5 Å². The Labute approximate surface area is 161 Å². The van der Waals surface area contributed by atoms with E-state index in [-0.39, 0.29) is 11.9 Å². The first-order valence-corrected chi connectivity index (χ1v) is 9.94. The van der Waals surface area contributed by atoms with Gasteiger partial charge < -0.3 is 0 Å². The third-order valence-electron chi connectivity index (χ3n) is 4.62. The molecule has 0 unspecified atom stereocenters. The maximum absolute atomic E-state index is 13.2. The van der Waals surface area contributed by atoms with Crippen LogP contribution in [0.4, 0.5) is 5.82 Å². The van der Waals surface area contributed by atoms with Gasteiger partial charge in [-0.15, -0.1) is 11.3 Å². The maximum atomic E-state index is 13.2. The molecule has 2 aromatic heterocycles. The summed E-state index contributed by atoms with van der Waals surface area (Å²) < 4.78 is 0. The summed E-state index contributed by atoms with van der Waals surface area (Å²) in [6, 6.07) is 13.4. The van der Waals surface area contributed by atoms with Crippen LogP contribution in [0.3, 0.4) is 0 Å². The summed E-state index contributed by atoms with van der Waals surface area (Å²) in [5, 5.41) is 3.33. The Balaban J connectivity index is 1.65. The van der Waals surface area contributed by atoms with Crippen molar-refractivity contribution >= 4 is 34.7 Å². The predicted octanol–water partition coefficient (Wildman–Crippen LogP) is 5.45. The van der Waals surface area contributed by atoms with Gasteiger partial charge in [-0.2, -0.15) is 0 Å². The molecule has 3 aromatic rings. The summed E-state index contributed by atoms with van der Waals surface area (Å²) in [6.07, 6.45) is 6.04. The second kappa shape index (κ2) is 7.56. The summed E-state index contributed by atoms with van der Waals surface area (Å²) in [5.41, 5.74) is 1.43. The zero-order chi connectivity index (χ0) is 17.9. The quantitative estimate of drug-likeness (QED) is 0.602. The molecule has 0 bridgehead atoms. The summed E-state index contributed by atoms with van der Waals surface area (Å²) in [6.45, 7) is 0. The van der Waals surface area contributed by atoms with Crippen molar-refractivity contribution in [2.45, 2.75) is 31.7 Å². The minimum Gasteiger partial charge on any atom is -0.288 e. The van der Waals surface area contributed by atoms with Gasteiger partial charge >= 0.3 is 0 Å². The fraction of sp³-hybridized carbons (Fsp3) is 0.250. The molecular weight excluding hydrogens is 366 g/mol. The Morgan fingerprint density at radius 3 is 2.58 bits per heavy atom. The van der Waals surface area contributed by atoms with Crippen molar-refractivity contribution < 1.29 is 4.79 Å². The van der Waals surface area contributed by atoms with Crippen LogP contribution in [-0.2, 0) is 0 Å². The highest BCUT2D eigenvalue weighted by molar-refractivity contribution is 7.13. The first-order chi connectivity index (χ1) is 12.7. The van der Waals surface area contributed by atoms with Crippen LogP contribution in [0.5, 0.6) is 0 Å². The highest BCUT2D eigenvalue weighted by Gasteiger charge is 2.30. The number of carbonyl (C=O) groups is 1. The normalized spacial score (nSPS) is 14.5. The molecule has 1 aliphatic carbocycles. The van der Waals surface area contributed by atoms with Crippen molar-refractivity contribution in [1.82, 2.24) is 9.97 Å². The van der Waals surface area contributed by atoms with E-state index < -0.39 is 0 Å². The lowest BCUT2D eigenvalue weighted by Gasteiger charge is -2.27. The number of hydrogen-bond acceptors (Lipinski definition) is 4. The van der Waals surface area contributed by atoms with E-state index in [0.29, 0.717) is 16.5 Å². The molecule has 0 spiro atoms. The Hall–Kier alpha value is -2.24. The lowest BCUT2D eigenvalue weighted by Crippen LogP contribution is -2.39. The fourth-order valence-corrected chi connectivity index (χ4v) is 4.26. The van der Waals surface area contributed by atoms with Crippen LogP contribution in [0.2, 0.25) is 5.02 Å². The van der Waals surface area contributed by atoms with Gasteiger partial charge in [0, 0.05) is 28.2 Å². The van der Waals surface area contributed by atoms with Crippen molar-refractivity contribution in [3.63, 3.8) is 0 Å². The van der Waals surface area contributed by atoms with Crippen molar-refractivity contribution in [2.75, 3.05) is 4.90 Å². The molecule has 6 heteroatoms. The Kier molecular flexibility index (Phi) is 5.00. The smallest absolute Gasteiger partial charge is 0.279 e. The number of nitrogens with zero attached hydrogens (tertiary/aromatic N) is 3. The first-order valence-electron chi connectivity index (χ1n) is 8.68. The topological polar surface area (TPSA) is 46.1 Å². The monoisotopic (exact) mass is 383 g/mol. The van der Waals surface area contributed by atoms with E-state index in [1.807, 2.05) is 52.7 Å². The zero-order valence-corrected chi connectivity index (χ0v) is 15.7. The van der Waals surface area contributed by atoms with E-state index in [0.717, 1.165) is 36.3 Å². The molecule has 1 aliphatic rings. The molecule has 4 rings (SSSR count). The summed E-state index contributed by atoms with van der Waals surface area (Å²) in [4.78, 5) is 24.1. The largest absolute Gasteiger partial charge is 0.288 e. The van der Waals surface area contributed by atoms with Crippen molar-refractivity contribution in [3.8, 4) is 10.6 Å². The van der Waals surface area contributed by atoms with E-state index in [9.17, 15) is 4.79 Å². The molecule has 1 amide bonds. The van der Waals surface area contributed by atoms with Gasteiger partial charge in [-0.3, -0.25) is 9.69 Å². The van der Waals surface area contributed by atoms with Crippen molar-refractivity contribution in [2.24, 2.45) is 0 Å². The van der Waals surface area contributed by atoms with Crippen molar-refractivity contribution in [1.29, 1.82) is 0 Å². The zero-order valence-electron chi connectivity index (χ0n) is 14.1. The summed E-state index contributed by atoms with van der Waals surface area (Å²) in [7, 11) is 0. The number of hydrogen-bond donors (Lipinski definition) is 0. The second-order valence-corrected chi connectivity index (χ2v) is 7.64.